The molecule has 0 aliphatic heterocycles. The van der Waals surface area contributed by atoms with E-state index in [1.54, 1.807) is 11.3 Å². The molecule has 0 atom stereocenters. The lowest BCUT2D eigenvalue weighted by Gasteiger charge is -2.22. The Morgan fingerprint density at radius 2 is 1.94 bits per heavy atom. The summed E-state index contributed by atoms with van der Waals surface area (Å²) in [4.78, 5) is 13.3. The minimum Gasteiger partial charge on any atom is -0.349 e. The number of nitrogens with zero attached hydrogens (tertiary/aromatic N) is 4. The normalized spacial score (nSPS) is 13.8. The number of hydrogen-bond acceptors (Lipinski definition) is 3. The molecule has 0 aromatic carbocycles. The van der Waals surface area contributed by atoms with Gasteiger partial charge in [-0.05, 0) is 12.8 Å². The van der Waals surface area contributed by atoms with Crippen molar-refractivity contribution in [2.24, 2.45) is 4.99 Å². The summed E-state index contributed by atoms with van der Waals surface area (Å²) in [5.41, 5.74) is 1.27. The molecule has 6 heteroatoms. The maximum absolute atomic E-state index is 4.64. The average Bonchev–Trinajstić information content (AvgIpc) is 2.99. The molecule has 18 heavy (non-hydrogen) atoms. The molecule has 1 fully saturated rings. The van der Waals surface area contributed by atoms with Gasteiger partial charge in [0.05, 0.1) is 12.2 Å². The van der Waals surface area contributed by atoms with E-state index in [2.05, 4.69) is 15.4 Å². The van der Waals surface area contributed by atoms with Crippen LogP contribution in [0.3, 0.4) is 0 Å². The highest BCUT2D eigenvalue weighted by molar-refractivity contribution is 14.0. The van der Waals surface area contributed by atoms with E-state index in [9.17, 15) is 0 Å². The summed E-state index contributed by atoms with van der Waals surface area (Å²) in [7, 11) is 8.04. The molecule has 0 spiro atoms. The highest BCUT2D eigenvalue weighted by Crippen LogP contribution is 2.40. The summed E-state index contributed by atoms with van der Waals surface area (Å²) in [6.07, 6.45) is 2.63. The van der Waals surface area contributed by atoms with Crippen LogP contribution in [0.4, 0.5) is 0 Å². The van der Waals surface area contributed by atoms with Crippen molar-refractivity contribution in [2.75, 3.05) is 28.2 Å². The Hall–Kier alpha value is -0.370. The van der Waals surface area contributed by atoms with E-state index < -0.39 is 0 Å². The summed E-state index contributed by atoms with van der Waals surface area (Å²) < 4.78 is 0. The van der Waals surface area contributed by atoms with Gasteiger partial charge in [-0.3, -0.25) is 0 Å². The van der Waals surface area contributed by atoms with Gasteiger partial charge in [0.25, 0.3) is 0 Å². The standard InChI is InChI=1S/C12H20N4S.HI/c1-15(2)12(16(3)4)13-7-11-14-10(8-17-11)9-5-6-9;/h8-9H,5-7H2,1-4H3;1H. The van der Waals surface area contributed by atoms with Gasteiger partial charge < -0.3 is 9.80 Å². The molecule has 1 heterocycles. The fraction of sp³-hybridized carbons (Fsp3) is 0.667. The number of rotatable bonds is 3. The first-order chi connectivity index (χ1) is 8.08. The molecule has 1 aromatic heterocycles. The van der Waals surface area contributed by atoms with Gasteiger partial charge in [-0.25, -0.2) is 9.98 Å². The molecule has 1 aliphatic rings. The van der Waals surface area contributed by atoms with Crippen LogP contribution in [0.2, 0.25) is 0 Å². The summed E-state index contributed by atoms with van der Waals surface area (Å²) >= 11 is 1.73. The minimum atomic E-state index is 0. The maximum atomic E-state index is 4.64. The van der Waals surface area contributed by atoms with Crippen LogP contribution in [0.5, 0.6) is 0 Å². The summed E-state index contributed by atoms with van der Waals surface area (Å²) in [5, 5.41) is 3.31. The third kappa shape index (κ3) is 4.08. The molecule has 0 unspecified atom stereocenters. The van der Waals surface area contributed by atoms with Crippen LogP contribution in [0, 0.1) is 0 Å². The van der Waals surface area contributed by atoms with Crippen molar-refractivity contribution in [3.8, 4) is 0 Å². The van der Waals surface area contributed by atoms with E-state index in [0.717, 1.165) is 16.9 Å². The average molecular weight is 380 g/mol. The number of guanidine groups is 1. The molecule has 0 amide bonds. The zero-order valence-corrected chi connectivity index (χ0v) is 14.5. The van der Waals surface area contributed by atoms with Crippen molar-refractivity contribution >= 4 is 41.3 Å². The highest BCUT2D eigenvalue weighted by atomic mass is 127. The van der Waals surface area contributed by atoms with Crippen LogP contribution in [-0.2, 0) is 6.54 Å². The summed E-state index contributed by atoms with van der Waals surface area (Å²) in [6.45, 7) is 0.684. The van der Waals surface area contributed by atoms with Crippen molar-refractivity contribution in [3.05, 3.63) is 16.1 Å². The second kappa shape index (κ2) is 6.70. The van der Waals surface area contributed by atoms with Gasteiger partial charge >= 0.3 is 0 Å². The Kier molecular flexibility index (Phi) is 5.84. The number of halogens is 1. The quantitative estimate of drug-likeness (QED) is 0.459. The Bertz CT molecular complexity index is 400. The van der Waals surface area contributed by atoms with Crippen LogP contribution < -0.4 is 0 Å². The Labute approximate surface area is 130 Å². The largest absolute Gasteiger partial charge is 0.349 e. The van der Waals surface area contributed by atoms with Gasteiger partial charge in [0.1, 0.15) is 5.01 Å². The molecule has 0 N–H and O–H groups in total. The van der Waals surface area contributed by atoms with Gasteiger partial charge in [0, 0.05) is 39.5 Å². The molecular formula is C12H21IN4S. The molecule has 1 aliphatic carbocycles. The second-order valence-corrected chi connectivity index (χ2v) is 5.79. The third-order valence-corrected chi connectivity index (χ3v) is 3.57. The number of thiazole rings is 1. The molecule has 0 saturated heterocycles. The molecule has 102 valence electrons. The van der Waals surface area contributed by atoms with Crippen molar-refractivity contribution in [1.29, 1.82) is 0 Å². The van der Waals surface area contributed by atoms with Crippen LogP contribution in [-0.4, -0.2) is 48.9 Å². The first kappa shape index (κ1) is 15.7. The number of aromatic nitrogens is 1. The van der Waals surface area contributed by atoms with E-state index >= 15 is 0 Å². The van der Waals surface area contributed by atoms with Crippen molar-refractivity contribution in [1.82, 2.24) is 14.8 Å². The third-order valence-electron chi connectivity index (χ3n) is 2.72. The lowest BCUT2D eigenvalue weighted by Crippen LogP contribution is -2.35. The topological polar surface area (TPSA) is 31.7 Å². The van der Waals surface area contributed by atoms with Crippen molar-refractivity contribution in [2.45, 2.75) is 25.3 Å². The molecular weight excluding hydrogens is 359 g/mol. The van der Waals surface area contributed by atoms with Gasteiger partial charge in [0.2, 0.25) is 0 Å². The van der Waals surface area contributed by atoms with Crippen molar-refractivity contribution < 1.29 is 0 Å². The Morgan fingerprint density at radius 3 is 2.44 bits per heavy atom. The van der Waals surface area contributed by atoms with Gasteiger partial charge in [0.15, 0.2) is 5.96 Å². The zero-order valence-electron chi connectivity index (χ0n) is 11.4. The maximum Gasteiger partial charge on any atom is 0.195 e. The molecule has 0 radical (unpaired) electrons. The molecule has 1 aromatic rings. The number of aliphatic imine (C=N–C) groups is 1. The van der Waals surface area contributed by atoms with Crippen molar-refractivity contribution in [3.63, 3.8) is 0 Å². The SMILES string of the molecule is CN(C)C(=NCc1nc(C2CC2)cs1)N(C)C.I. The van der Waals surface area contributed by atoms with Gasteiger partial charge in [-0.1, -0.05) is 0 Å². The first-order valence-electron chi connectivity index (χ1n) is 5.91. The monoisotopic (exact) mass is 380 g/mol. The zero-order chi connectivity index (χ0) is 12.4. The minimum absolute atomic E-state index is 0. The van der Waals surface area contributed by atoms with E-state index in [0.29, 0.717) is 6.54 Å². The predicted molar refractivity (Wildman–Crippen MR) is 88.0 cm³/mol. The van der Waals surface area contributed by atoms with E-state index in [4.69, 9.17) is 0 Å². The van der Waals surface area contributed by atoms with E-state index in [1.807, 2.05) is 38.0 Å². The smallest absolute Gasteiger partial charge is 0.195 e. The summed E-state index contributed by atoms with van der Waals surface area (Å²) in [5.74, 6) is 1.72. The Balaban J connectivity index is 0.00000162. The predicted octanol–water partition coefficient (Wildman–Crippen LogP) is 2.62. The lowest BCUT2D eigenvalue weighted by atomic mass is 10.3. The fourth-order valence-electron chi connectivity index (χ4n) is 1.79. The van der Waals surface area contributed by atoms with Crippen LogP contribution in [0.25, 0.3) is 0 Å². The Morgan fingerprint density at radius 1 is 1.33 bits per heavy atom. The molecule has 2 rings (SSSR count). The second-order valence-electron chi connectivity index (χ2n) is 4.85. The van der Waals surface area contributed by atoms with E-state index in [-0.39, 0.29) is 24.0 Å². The van der Waals surface area contributed by atoms with Crippen LogP contribution in [0.1, 0.15) is 29.5 Å². The highest BCUT2D eigenvalue weighted by Gasteiger charge is 2.25. The van der Waals surface area contributed by atoms with E-state index in [1.165, 1.54) is 18.5 Å². The molecule has 4 nitrogen and oxygen atoms in total. The molecule has 1 saturated carbocycles. The summed E-state index contributed by atoms with van der Waals surface area (Å²) in [6, 6.07) is 0. The van der Waals surface area contributed by atoms with Gasteiger partial charge in [-0.2, -0.15) is 0 Å². The number of hydrogen-bond donors (Lipinski definition) is 0. The van der Waals surface area contributed by atoms with Crippen LogP contribution in [0.15, 0.2) is 10.4 Å². The molecule has 0 bridgehead atoms. The first-order valence-corrected chi connectivity index (χ1v) is 6.79. The van der Waals surface area contributed by atoms with Gasteiger partial charge in [-0.15, -0.1) is 35.3 Å². The fourth-order valence-corrected chi connectivity index (χ4v) is 2.58. The van der Waals surface area contributed by atoms with Crippen LogP contribution >= 0.6 is 35.3 Å². The lowest BCUT2D eigenvalue weighted by molar-refractivity contribution is 0.479.